The fraction of sp³-hybridized carbons (Fsp3) is 0.353. The number of fused-ring (bicyclic) bond motifs is 1. The smallest absolute Gasteiger partial charge is 0.233 e. The number of ether oxygens (including phenoxy) is 1. The van der Waals surface area contributed by atoms with Crippen molar-refractivity contribution in [3.63, 3.8) is 0 Å². The number of allylic oxidation sites excluding steroid dienone is 2. The molecule has 0 radical (unpaired) electrons. The molecule has 5 heteroatoms. The van der Waals surface area contributed by atoms with Crippen molar-refractivity contribution in [2.24, 2.45) is 11.8 Å². The molecule has 22 heavy (non-hydrogen) atoms. The fourth-order valence-electron chi connectivity index (χ4n) is 2.97. The second-order valence-corrected chi connectivity index (χ2v) is 5.47. The predicted octanol–water partition coefficient (Wildman–Crippen LogP) is 1.89. The summed E-state index contributed by atoms with van der Waals surface area (Å²) >= 11 is 0. The van der Waals surface area contributed by atoms with E-state index in [-0.39, 0.29) is 36.8 Å². The molecular formula is C17H16N2O3. The minimum atomic E-state index is -0.188. The molecule has 0 bridgehead atoms. The molecule has 0 unspecified atom stereocenters. The first-order chi connectivity index (χ1) is 10.7. The summed E-state index contributed by atoms with van der Waals surface area (Å²) in [5, 5.41) is 8.73. The molecule has 112 valence electrons. The Morgan fingerprint density at radius 1 is 1.09 bits per heavy atom. The van der Waals surface area contributed by atoms with Crippen molar-refractivity contribution in [2.45, 2.75) is 12.8 Å². The fourth-order valence-corrected chi connectivity index (χ4v) is 2.97. The number of hydrogen-bond acceptors (Lipinski definition) is 4. The highest BCUT2D eigenvalue weighted by Gasteiger charge is 2.46. The molecule has 1 aromatic carbocycles. The van der Waals surface area contributed by atoms with Crippen LogP contribution in [0.4, 0.5) is 0 Å². The number of imide groups is 1. The molecule has 1 aliphatic heterocycles. The maximum Gasteiger partial charge on any atom is 0.233 e. The normalized spacial score (nSPS) is 23.3. The van der Waals surface area contributed by atoms with Crippen LogP contribution in [0.25, 0.3) is 0 Å². The van der Waals surface area contributed by atoms with Gasteiger partial charge in [0.1, 0.15) is 12.4 Å². The number of hydrogen-bond donors (Lipinski definition) is 0. The summed E-state index contributed by atoms with van der Waals surface area (Å²) in [5.74, 6) is 0.0857. The van der Waals surface area contributed by atoms with Crippen LogP contribution in [0.15, 0.2) is 36.4 Å². The van der Waals surface area contributed by atoms with Gasteiger partial charge in [0.2, 0.25) is 11.8 Å². The van der Waals surface area contributed by atoms with Gasteiger partial charge in [0.25, 0.3) is 0 Å². The van der Waals surface area contributed by atoms with E-state index in [9.17, 15) is 9.59 Å². The first-order valence-corrected chi connectivity index (χ1v) is 7.34. The summed E-state index contributed by atoms with van der Waals surface area (Å²) in [7, 11) is 0. The van der Waals surface area contributed by atoms with E-state index >= 15 is 0 Å². The highest BCUT2D eigenvalue weighted by Crippen LogP contribution is 2.34. The summed E-state index contributed by atoms with van der Waals surface area (Å²) in [6, 6.07) is 8.78. The number of nitrogens with zero attached hydrogens (tertiary/aromatic N) is 2. The van der Waals surface area contributed by atoms with Crippen molar-refractivity contribution in [1.29, 1.82) is 5.26 Å². The van der Waals surface area contributed by atoms with Gasteiger partial charge in [-0.1, -0.05) is 12.2 Å². The summed E-state index contributed by atoms with van der Waals surface area (Å²) in [4.78, 5) is 25.8. The van der Waals surface area contributed by atoms with Crippen molar-refractivity contribution in [2.75, 3.05) is 13.2 Å². The van der Waals surface area contributed by atoms with Gasteiger partial charge in [0, 0.05) is 0 Å². The lowest BCUT2D eigenvalue weighted by molar-refractivity contribution is -0.140. The highest BCUT2D eigenvalue weighted by molar-refractivity contribution is 6.05. The average molecular weight is 296 g/mol. The Morgan fingerprint density at radius 3 is 2.23 bits per heavy atom. The zero-order valence-corrected chi connectivity index (χ0v) is 12.1. The van der Waals surface area contributed by atoms with Crippen LogP contribution in [0.3, 0.4) is 0 Å². The van der Waals surface area contributed by atoms with Crippen LogP contribution in [-0.4, -0.2) is 29.9 Å². The van der Waals surface area contributed by atoms with Crippen molar-refractivity contribution < 1.29 is 14.3 Å². The lowest BCUT2D eigenvalue weighted by Gasteiger charge is -2.15. The number of benzene rings is 1. The van der Waals surface area contributed by atoms with Crippen molar-refractivity contribution >= 4 is 11.8 Å². The summed E-state index contributed by atoms with van der Waals surface area (Å²) < 4.78 is 5.55. The molecule has 1 aromatic rings. The van der Waals surface area contributed by atoms with E-state index in [4.69, 9.17) is 10.00 Å². The van der Waals surface area contributed by atoms with Crippen LogP contribution in [0, 0.1) is 23.2 Å². The van der Waals surface area contributed by atoms with Gasteiger partial charge in [-0.3, -0.25) is 14.5 Å². The monoisotopic (exact) mass is 296 g/mol. The van der Waals surface area contributed by atoms with E-state index in [1.165, 1.54) is 4.90 Å². The summed E-state index contributed by atoms with van der Waals surface area (Å²) in [6.45, 7) is 0.529. The van der Waals surface area contributed by atoms with E-state index < -0.39 is 0 Å². The Morgan fingerprint density at radius 2 is 1.68 bits per heavy atom. The molecule has 0 spiro atoms. The molecule has 5 nitrogen and oxygen atoms in total. The van der Waals surface area contributed by atoms with Crippen molar-refractivity contribution in [3.8, 4) is 11.8 Å². The molecule has 0 saturated carbocycles. The number of nitriles is 1. The van der Waals surface area contributed by atoms with Gasteiger partial charge in [-0.2, -0.15) is 5.26 Å². The standard InChI is InChI=1S/C17H16N2O3/c18-11-12-5-7-13(8-6-12)22-10-9-19-16(20)14-3-1-2-4-15(14)17(19)21/h1-2,5-8,14-15H,3-4,9-10H2/t14-,15-/m1/s1. The number of rotatable bonds is 4. The van der Waals surface area contributed by atoms with Crippen LogP contribution in [-0.2, 0) is 9.59 Å². The molecule has 0 N–H and O–H groups in total. The van der Waals surface area contributed by atoms with Crippen LogP contribution < -0.4 is 4.74 Å². The molecule has 2 aliphatic rings. The lowest BCUT2D eigenvalue weighted by Crippen LogP contribution is -2.34. The van der Waals surface area contributed by atoms with Gasteiger partial charge in [-0.05, 0) is 37.1 Å². The Bertz CT molecular complexity index is 631. The van der Waals surface area contributed by atoms with E-state index in [2.05, 4.69) is 0 Å². The second kappa shape index (κ2) is 6.02. The van der Waals surface area contributed by atoms with Crippen molar-refractivity contribution in [3.05, 3.63) is 42.0 Å². The molecule has 2 atom stereocenters. The first kappa shape index (κ1) is 14.3. The first-order valence-electron chi connectivity index (χ1n) is 7.34. The van der Waals surface area contributed by atoms with Gasteiger partial charge in [0.05, 0.1) is 30.0 Å². The second-order valence-electron chi connectivity index (χ2n) is 5.47. The zero-order valence-electron chi connectivity index (χ0n) is 12.1. The molecule has 1 heterocycles. The topological polar surface area (TPSA) is 70.4 Å². The van der Waals surface area contributed by atoms with E-state index in [0.29, 0.717) is 24.2 Å². The zero-order chi connectivity index (χ0) is 15.5. The highest BCUT2D eigenvalue weighted by atomic mass is 16.5. The van der Waals surface area contributed by atoms with Gasteiger partial charge in [-0.25, -0.2) is 0 Å². The molecule has 1 aliphatic carbocycles. The molecular weight excluding hydrogens is 280 g/mol. The SMILES string of the molecule is N#Cc1ccc(OCCN2C(=O)[C@@H]3CC=CC[C@H]3C2=O)cc1. The minimum absolute atomic E-state index is 0.0808. The number of amides is 2. The van der Waals surface area contributed by atoms with E-state index in [1.54, 1.807) is 24.3 Å². The molecule has 2 amide bonds. The Hall–Kier alpha value is -2.61. The third kappa shape index (κ3) is 2.60. The average Bonchev–Trinajstić information content (AvgIpc) is 2.81. The molecule has 1 fully saturated rings. The number of carbonyl (C=O) groups is 2. The number of likely N-dealkylation sites (tertiary alicyclic amines) is 1. The van der Waals surface area contributed by atoms with Crippen LogP contribution in [0.5, 0.6) is 5.75 Å². The maximum atomic E-state index is 12.3. The predicted molar refractivity (Wildman–Crippen MR) is 78.7 cm³/mol. The maximum absolute atomic E-state index is 12.3. The van der Waals surface area contributed by atoms with Crippen LogP contribution >= 0.6 is 0 Å². The third-order valence-corrected chi connectivity index (χ3v) is 4.17. The van der Waals surface area contributed by atoms with Gasteiger partial charge in [-0.15, -0.1) is 0 Å². The number of carbonyl (C=O) groups excluding carboxylic acids is 2. The molecule has 1 saturated heterocycles. The van der Waals surface area contributed by atoms with Gasteiger partial charge >= 0.3 is 0 Å². The largest absolute Gasteiger partial charge is 0.492 e. The van der Waals surface area contributed by atoms with Crippen LogP contribution in [0.2, 0.25) is 0 Å². The van der Waals surface area contributed by atoms with Crippen LogP contribution in [0.1, 0.15) is 18.4 Å². The van der Waals surface area contributed by atoms with Gasteiger partial charge < -0.3 is 4.74 Å². The Labute approximate surface area is 128 Å². The Balaban J connectivity index is 1.56. The van der Waals surface area contributed by atoms with E-state index in [1.807, 2.05) is 18.2 Å². The van der Waals surface area contributed by atoms with E-state index in [0.717, 1.165) is 0 Å². The lowest BCUT2D eigenvalue weighted by atomic mass is 9.85. The molecule has 0 aromatic heterocycles. The van der Waals surface area contributed by atoms with Gasteiger partial charge in [0.15, 0.2) is 0 Å². The Kier molecular flexibility index (Phi) is 3.92. The summed E-state index contributed by atoms with van der Waals surface area (Å²) in [5.41, 5.74) is 0.564. The molecule has 3 rings (SSSR count). The third-order valence-electron chi connectivity index (χ3n) is 4.17. The minimum Gasteiger partial charge on any atom is -0.492 e. The van der Waals surface area contributed by atoms with Crippen molar-refractivity contribution in [1.82, 2.24) is 4.90 Å². The summed E-state index contributed by atoms with van der Waals surface area (Å²) in [6.07, 6.45) is 5.26. The quantitative estimate of drug-likeness (QED) is 0.628.